The number of rotatable bonds is 8. The molecule has 0 saturated carbocycles. The van der Waals surface area contributed by atoms with Crippen molar-refractivity contribution in [3.8, 4) is 0 Å². The summed E-state index contributed by atoms with van der Waals surface area (Å²) in [6.45, 7) is 2.23. The van der Waals surface area contributed by atoms with Gasteiger partial charge in [0.1, 0.15) is 6.29 Å². The molecule has 1 nitrogen and oxygen atoms in total. The van der Waals surface area contributed by atoms with Gasteiger partial charge in [-0.25, -0.2) is 0 Å². The molecule has 0 radical (unpaired) electrons. The molecule has 4 heteroatoms. The summed E-state index contributed by atoms with van der Waals surface area (Å²) in [7, 11) is 0. The fraction of sp³-hybridized carbons (Fsp3) is 0.900. The van der Waals surface area contributed by atoms with E-state index in [0.717, 1.165) is 19.1 Å². The Labute approximate surface area is 107 Å². The van der Waals surface area contributed by atoms with Gasteiger partial charge >= 0.3 is 0 Å². The molecule has 0 heterocycles. The SMILES string of the molecule is CCCCCCCCCC=O.Cl.Cl.Cl. The summed E-state index contributed by atoms with van der Waals surface area (Å²) in [6, 6.07) is 0. The molecular weight excluding hydrogens is 242 g/mol. The molecule has 0 spiro atoms. The lowest BCUT2D eigenvalue weighted by Crippen LogP contribution is -1.80. The normalized spacial score (nSPS) is 7.79. The van der Waals surface area contributed by atoms with Crippen LogP contribution in [0.1, 0.15) is 58.3 Å². The van der Waals surface area contributed by atoms with Gasteiger partial charge in [0.05, 0.1) is 0 Å². The third kappa shape index (κ3) is 22.9. The second-order valence-corrected chi connectivity index (χ2v) is 3.08. The summed E-state index contributed by atoms with van der Waals surface area (Å²) >= 11 is 0. The molecule has 0 bridgehead atoms. The van der Waals surface area contributed by atoms with E-state index >= 15 is 0 Å². The first-order valence-corrected chi connectivity index (χ1v) is 4.85. The molecule has 0 saturated heterocycles. The van der Waals surface area contributed by atoms with Crippen molar-refractivity contribution in [1.29, 1.82) is 0 Å². The Balaban J connectivity index is -0.000000167. The molecule has 0 amide bonds. The van der Waals surface area contributed by atoms with Gasteiger partial charge in [-0.3, -0.25) is 0 Å². The van der Waals surface area contributed by atoms with Gasteiger partial charge in [-0.05, 0) is 6.42 Å². The van der Waals surface area contributed by atoms with Gasteiger partial charge in [-0.15, -0.1) is 37.2 Å². The molecule has 0 aromatic carbocycles. The minimum atomic E-state index is 0. The monoisotopic (exact) mass is 264 g/mol. The fourth-order valence-electron chi connectivity index (χ4n) is 1.18. The quantitative estimate of drug-likeness (QED) is 0.463. The first-order chi connectivity index (χ1) is 5.41. The molecule has 0 unspecified atom stereocenters. The number of aldehydes is 1. The van der Waals surface area contributed by atoms with Crippen LogP contribution in [0.25, 0.3) is 0 Å². The summed E-state index contributed by atoms with van der Waals surface area (Å²) in [5.41, 5.74) is 0. The van der Waals surface area contributed by atoms with Crippen molar-refractivity contribution in [1.82, 2.24) is 0 Å². The zero-order chi connectivity index (χ0) is 8.36. The second-order valence-electron chi connectivity index (χ2n) is 3.08. The van der Waals surface area contributed by atoms with Crippen LogP contribution in [0, 0.1) is 0 Å². The Hall–Kier alpha value is 0.540. The first-order valence-electron chi connectivity index (χ1n) is 4.85. The second kappa shape index (κ2) is 23.4. The first kappa shape index (κ1) is 24.0. The molecule has 0 aliphatic carbocycles. The highest BCUT2D eigenvalue weighted by Gasteiger charge is 1.89. The highest BCUT2D eigenvalue weighted by atomic mass is 35.5. The molecule has 0 aromatic heterocycles. The predicted molar refractivity (Wildman–Crippen MR) is 70.4 cm³/mol. The van der Waals surface area contributed by atoms with Crippen LogP contribution in [0.5, 0.6) is 0 Å². The number of carbonyl (C=O) groups excluding carboxylic acids is 1. The van der Waals surface area contributed by atoms with E-state index in [4.69, 9.17) is 0 Å². The van der Waals surface area contributed by atoms with Crippen LogP contribution >= 0.6 is 37.2 Å². The molecule has 0 aromatic rings. The van der Waals surface area contributed by atoms with E-state index in [1.807, 2.05) is 0 Å². The minimum Gasteiger partial charge on any atom is -0.303 e. The highest BCUT2D eigenvalue weighted by molar-refractivity contribution is 5.86. The number of unbranched alkanes of at least 4 members (excludes halogenated alkanes) is 7. The van der Waals surface area contributed by atoms with Crippen LogP contribution in [0.2, 0.25) is 0 Å². The number of halogens is 3. The van der Waals surface area contributed by atoms with Gasteiger partial charge in [0, 0.05) is 6.42 Å². The number of hydrogen-bond acceptors (Lipinski definition) is 1. The van der Waals surface area contributed by atoms with Gasteiger partial charge in [0.15, 0.2) is 0 Å². The minimum absolute atomic E-state index is 0. The Morgan fingerprint density at radius 3 is 1.64 bits per heavy atom. The zero-order valence-corrected chi connectivity index (χ0v) is 11.3. The smallest absolute Gasteiger partial charge is 0.119 e. The molecule has 0 atom stereocenters. The average Bonchev–Trinajstić information content (AvgIpc) is 2.03. The lowest BCUT2D eigenvalue weighted by atomic mass is 10.1. The van der Waals surface area contributed by atoms with E-state index in [2.05, 4.69) is 6.92 Å². The van der Waals surface area contributed by atoms with Crippen LogP contribution in [-0.2, 0) is 4.79 Å². The van der Waals surface area contributed by atoms with Gasteiger partial charge in [0.2, 0.25) is 0 Å². The topological polar surface area (TPSA) is 17.1 Å². The van der Waals surface area contributed by atoms with E-state index in [-0.39, 0.29) is 37.2 Å². The lowest BCUT2D eigenvalue weighted by molar-refractivity contribution is -0.107. The number of hydrogen-bond donors (Lipinski definition) is 0. The van der Waals surface area contributed by atoms with Crippen molar-refractivity contribution in [3.05, 3.63) is 0 Å². The fourth-order valence-corrected chi connectivity index (χ4v) is 1.18. The lowest BCUT2D eigenvalue weighted by Gasteiger charge is -1.97. The zero-order valence-electron chi connectivity index (χ0n) is 8.87. The molecule has 0 N–H and O–H groups in total. The van der Waals surface area contributed by atoms with Crippen molar-refractivity contribution in [2.75, 3.05) is 0 Å². The third-order valence-corrected chi connectivity index (χ3v) is 1.93. The van der Waals surface area contributed by atoms with Crippen LogP contribution in [-0.4, -0.2) is 6.29 Å². The molecule has 0 aliphatic rings. The Morgan fingerprint density at radius 1 is 0.786 bits per heavy atom. The summed E-state index contributed by atoms with van der Waals surface area (Å²) in [5, 5.41) is 0. The highest BCUT2D eigenvalue weighted by Crippen LogP contribution is 2.07. The third-order valence-electron chi connectivity index (χ3n) is 1.93. The van der Waals surface area contributed by atoms with Crippen molar-refractivity contribution in [2.45, 2.75) is 58.3 Å². The average molecular weight is 266 g/mol. The van der Waals surface area contributed by atoms with E-state index in [1.54, 1.807) is 0 Å². The van der Waals surface area contributed by atoms with Crippen molar-refractivity contribution in [2.24, 2.45) is 0 Å². The van der Waals surface area contributed by atoms with Crippen LogP contribution in [0.15, 0.2) is 0 Å². The maximum absolute atomic E-state index is 9.94. The maximum Gasteiger partial charge on any atom is 0.119 e. The molecule has 0 aliphatic heterocycles. The van der Waals surface area contributed by atoms with Crippen molar-refractivity contribution < 1.29 is 4.79 Å². The molecule has 0 fully saturated rings. The van der Waals surface area contributed by atoms with E-state index in [9.17, 15) is 4.79 Å². The standard InChI is InChI=1S/C10H20O.3ClH/c1-2-3-4-5-6-7-8-9-10-11;;;/h10H,2-9H2,1H3;3*1H. The summed E-state index contributed by atoms with van der Waals surface area (Å²) in [4.78, 5) is 9.94. The van der Waals surface area contributed by atoms with Crippen LogP contribution in [0.3, 0.4) is 0 Å². The number of carbonyl (C=O) groups is 1. The Bertz CT molecular complexity index is 89.4. The Kier molecular flexibility index (Phi) is 40.1. The van der Waals surface area contributed by atoms with Crippen LogP contribution in [0.4, 0.5) is 0 Å². The van der Waals surface area contributed by atoms with E-state index in [0.29, 0.717) is 0 Å². The van der Waals surface area contributed by atoms with Crippen LogP contribution < -0.4 is 0 Å². The van der Waals surface area contributed by atoms with Gasteiger partial charge < -0.3 is 4.79 Å². The van der Waals surface area contributed by atoms with Gasteiger partial charge in [-0.2, -0.15) is 0 Å². The molecule has 14 heavy (non-hydrogen) atoms. The van der Waals surface area contributed by atoms with Gasteiger partial charge in [-0.1, -0.05) is 45.4 Å². The van der Waals surface area contributed by atoms with Crippen molar-refractivity contribution in [3.63, 3.8) is 0 Å². The predicted octanol–water partition coefficient (Wildman–Crippen LogP) is 4.59. The van der Waals surface area contributed by atoms with Gasteiger partial charge in [0.25, 0.3) is 0 Å². The molecule has 90 valence electrons. The van der Waals surface area contributed by atoms with Crippen molar-refractivity contribution >= 4 is 43.5 Å². The largest absolute Gasteiger partial charge is 0.303 e. The van der Waals surface area contributed by atoms with E-state index < -0.39 is 0 Å². The maximum atomic E-state index is 9.94. The molecule has 0 rings (SSSR count). The summed E-state index contributed by atoms with van der Waals surface area (Å²) in [6.07, 6.45) is 10.8. The molecular formula is C10H23Cl3O. The Morgan fingerprint density at radius 2 is 1.21 bits per heavy atom. The van der Waals surface area contributed by atoms with E-state index in [1.165, 1.54) is 38.5 Å². The summed E-state index contributed by atoms with van der Waals surface area (Å²) < 4.78 is 0. The summed E-state index contributed by atoms with van der Waals surface area (Å²) in [5.74, 6) is 0.